The molecule has 3 heterocycles. The number of nitrogens with one attached hydrogen (secondary N) is 2. The fourth-order valence-electron chi connectivity index (χ4n) is 4.49. The van der Waals surface area contributed by atoms with E-state index in [1.165, 1.54) is 17.6 Å². The van der Waals surface area contributed by atoms with Crippen LogP contribution in [0.25, 0.3) is 0 Å². The van der Waals surface area contributed by atoms with Crippen molar-refractivity contribution in [3.05, 3.63) is 76.6 Å². The summed E-state index contributed by atoms with van der Waals surface area (Å²) in [6.07, 6.45) is 4.12. The van der Waals surface area contributed by atoms with E-state index in [1.807, 2.05) is 32.0 Å². The summed E-state index contributed by atoms with van der Waals surface area (Å²) >= 11 is 0. The van der Waals surface area contributed by atoms with Crippen LogP contribution in [0.5, 0.6) is 0 Å². The van der Waals surface area contributed by atoms with Gasteiger partial charge in [-0.1, -0.05) is 12.1 Å². The molecule has 2 amide bonds. The van der Waals surface area contributed by atoms with Crippen molar-refractivity contribution in [3.63, 3.8) is 0 Å². The number of nitrogens with zero attached hydrogens (tertiary/aromatic N) is 3. The molecule has 0 radical (unpaired) electrons. The first-order valence-corrected chi connectivity index (χ1v) is 12.7. The normalized spacial score (nSPS) is 22.2. The molecule has 0 bridgehead atoms. The Bertz CT molecular complexity index is 1290. The Kier molecular flexibility index (Phi) is 7.56. The van der Waals surface area contributed by atoms with Gasteiger partial charge in [0.25, 0.3) is 11.8 Å². The van der Waals surface area contributed by atoms with Crippen molar-refractivity contribution in [3.8, 4) is 0 Å². The number of amides is 2. The van der Waals surface area contributed by atoms with Gasteiger partial charge in [0.05, 0.1) is 18.8 Å². The fraction of sp³-hybridized carbons (Fsp3) is 0.357. The molecule has 5 rings (SSSR count). The van der Waals surface area contributed by atoms with Crippen LogP contribution in [0.15, 0.2) is 59.4 Å². The summed E-state index contributed by atoms with van der Waals surface area (Å²) < 4.78 is 1.28. The lowest BCUT2D eigenvalue weighted by Crippen LogP contribution is -2.32. The minimum absolute atomic E-state index is 0.0278. The lowest BCUT2D eigenvalue weighted by Gasteiger charge is -2.17. The molecule has 194 valence electrons. The Hall–Kier alpha value is -3.82. The van der Waals surface area contributed by atoms with Gasteiger partial charge in [-0.2, -0.15) is 0 Å². The molecule has 0 aromatic heterocycles. The Morgan fingerprint density at radius 2 is 2.03 bits per heavy atom. The number of aryl methyl sites for hydroxylation is 1. The average Bonchev–Trinajstić information content (AvgIpc) is 3.72. The van der Waals surface area contributed by atoms with E-state index in [0.717, 1.165) is 23.8 Å². The monoisotopic (exact) mass is 502 g/mol. The fourth-order valence-corrected chi connectivity index (χ4v) is 4.49. The molecule has 2 fully saturated rings. The third-order valence-electron chi connectivity index (χ3n) is 7.15. The highest BCUT2D eigenvalue weighted by molar-refractivity contribution is 6.27. The van der Waals surface area contributed by atoms with Crippen LogP contribution in [0.2, 0.25) is 0 Å². The molecule has 9 heteroatoms. The molecule has 3 aliphatic heterocycles. The van der Waals surface area contributed by atoms with Gasteiger partial charge in [-0.15, -0.1) is 0 Å². The first-order chi connectivity index (χ1) is 17.7. The summed E-state index contributed by atoms with van der Waals surface area (Å²) in [5.41, 5.74) is 16.5. The van der Waals surface area contributed by atoms with Crippen molar-refractivity contribution in [2.75, 3.05) is 31.5 Å². The molecule has 3 aliphatic rings. The maximum Gasteiger partial charge on any atom is 0.255 e. The van der Waals surface area contributed by atoms with Gasteiger partial charge in [0, 0.05) is 35.9 Å². The summed E-state index contributed by atoms with van der Waals surface area (Å²) in [5, 5.41) is 10.0. The van der Waals surface area contributed by atoms with Crippen LogP contribution >= 0.6 is 0 Å². The van der Waals surface area contributed by atoms with Gasteiger partial charge >= 0.3 is 0 Å². The second-order valence-electron chi connectivity index (χ2n) is 9.91. The van der Waals surface area contributed by atoms with Gasteiger partial charge in [-0.05, 0) is 68.7 Å². The van der Waals surface area contributed by atoms with Gasteiger partial charge in [-0.25, -0.2) is 4.48 Å². The maximum absolute atomic E-state index is 12.8. The van der Waals surface area contributed by atoms with Crippen LogP contribution in [-0.4, -0.2) is 65.5 Å². The van der Waals surface area contributed by atoms with Gasteiger partial charge in [0.2, 0.25) is 5.70 Å². The minimum atomic E-state index is -0.266. The number of likely N-dealkylation sites (tertiary alicyclic amines) is 1. The number of hydrogen-bond acceptors (Lipinski definition) is 5. The minimum Gasteiger partial charge on any atom is -0.383 e. The predicted octanol–water partition coefficient (Wildman–Crippen LogP) is 3.18. The number of nitrogens with two attached hydrogens (primary N) is 2. The SMILES string of the molecule is CC[N+]12C=C1C2.Cc1cc(C(=O)Nc2cccc(C(C)N=C(N)C=N)c2)ccc1C(=O)N1CC[C@@H](N)C1. The van der Waals surface area contributed by atoms with Gasteiger partial charge in [0.15, 0.2) is 12.7 Å². The molecule has 9 nitrogen and oxygen atoms in total. The molecule has 2 aromatic rings. The van der Waals surface area contributed by atoms with Crippen LogP contribution in [0, 0.1) is 12.3 Å². The molecular weight excluding hydrogens is 466 g/mol. The zero-order valence-corrected chi connectivity index (χ0v) is 21.7. The molecule has 0 aliphatic carbocycles. The van der Waals surface area contributed by atoms with E-state index < -0.39 is 0 Å². The van der Waals surface area contributed by atoms with Gasteiger partial charge in [-0.3, -0.25) is 14.6 Å². The largest absolute Gasteiger partial charge is 0.383 e. The lowest BCUT2D eigenvalue weighted by molar-refractivity contribution is -0.669. The van der Waals surface area contributed by atoms with Crippen molar-refractivity contribution in [1.82, 2.24) is 4.90 Å². The number of aliphatic imine (C=N–C) groups is 1. The lowest BCUT2D eigenvalue weighted by atomic mass is 10.0. The van der Waals surface area contributed by atoms with Crippen LogP contribution in [0.1, 0.15) is 58.2 Å². The first-order valence-electron chi connectivity index (χ1n) is 12.7. The number of rotatable bonds is 7. The number of hydrogen-bond donors (Lipinski definition) is 4. The Morgan fingerprint density at radius 1 is 1.30 bits per heavy atom. The maximum atomic E-state index is 12.8. The molecule has 2 saturated heterocycles. The molecule has 0 spiro atoms. The van der Waals surface area contributed by atoms with E-state index in [1.54, 1.807) is 34.9 Å². The highest BCUT2D eigenvalue weighted by Gasteiger charge is 2.63. The van der Waals surface area contributed by atoms with Crippen molar-refractivity contribution in [2.24, 2.45) is 16.5 Å². The number of amidine groups is 1. The third-order valence-corrected chi connectivity index (χ3v) is 7.15. The summed E-state index contributed by atoms with van der Waals surface area (Å²) in [6, 6.07) is 12.2. The van der Waals surface area contributed by atoms with Crippen LogP contribution < -0.4 is 16.8 Å². The van der Waals surface area contributed by atoms with Gasteiger partial charge < -0.3 is 27.1 Å². The zero-order chi connectivity index (χ0) is 26.7. The molecule has 6 N–H and O–H groups in total. The first kappa shape index (κ1) is 26.2. The van der Waals surface area contributed by atoms with Gasteiger partial charge in [0.1, 0.15) is 5.84 Å². The number of carbonyl (C=O) groups excluding carboxylic acids is 2. The van der Waals surface area contributed by atoms with Crippen LogP contribution in [-0.2, 0) is 0 Å². The van der Waals surface area contributed by atoms with Crippen LogP contribution in [0.4, 0.5) is 5.69 Å². The summed E-state index contributed by atoms with van der Waals surface area (Å²) in [4.78, 5) is 31.4. The highest BCUT2D eigenvalue weighted by atomic mass is 16.2. The Labute approximate surface area is 217 Å². The van der Waals surface area contributed by atoms with E-state index >= 15 is 0 Å². The predicted molar refractivity (Wildman–Crippen MR) is 147 cm³/mol. The molecule has 37 heavy (non-hydrogen) atoms. The van der Waals surface area contributed by atoms with E-state index in [9.17, 15) is 9.59 Å². The second-order valence-corrected chi connectivity index (χ2v) is 9.91. The third kappa shape index (κ3) is 6.12. The number of benzene rings is 2. The van der Waals surface area contributed by atoms with Crippen molar-refractivity contribution < 1.29 is 14.1 Å². The Morgan fingerprint density at radius 3 is 2.57 bits per heavy atom. The smallest absolute Gasteiger partial charge is 0.255 e. The van der Waals surface area contributed by atoms with Crippen molar-refractivity contribution >= 4 is 29.6 Å². The summed E-state index contributed by atoms with van der Waals surface area (Å²) in [5.74, 6) is -0.176. The molecular formula is C28H36N7O2+. The number of likely N-dealkylation sites (N-methyl/N-ethyl adjacent to an activating group) is 1. The number of quaternary nitrogens is 1. The Balaban J connectivity index is 0.000000458. The summed E-state index contributed by atoms with van der Waals surface area (Å²) in [6.45, 7) is 9.82. The number of carbonyl (C=O) groups is 2. The highest BCUT2D eigenvalue weighted by Crippen LogP contribution is 2.50. The molecule has 3 atom stereocenters. The molecule has 2 aromatic carbocycles. The summed E-state index contributed by atoms with van der Waals surface area (Å²) in [7, 11) is 0. The number of fused-ring (bicyclic) bond motifs is 1. The standard InChI is InChI=1S/C23H28N6O2.C5H8N/c1-14-10-17(6-7-20(14)23(31)29-9-8-18(25)13-29)22(30)28-19-5-3-4-16(11-19)15(2)27-21(26)12-24;1-2-6-3-5(6)4-6/h3-7,10-12,15,18,24H,8-9,13,25H2,1-2H3,(H2,26,27)(H,28,30);3H,2,4H2,1H3/q;+1/t15?,18-;/m1./s1. The van der Waals surface area contributed by atoms with Crippen molar-refractivity contribution in [1.29, 1.82) is 5.41 Å². The van der Waals surface area contributed by atoms with E-state index in [-0.39, 0.29) is 29.7 Å². The average molecular weight is 503 g/mol. The zero-order valence-electron chi connectivity index (χ0n) is 21.7. The second kappa shape index (κ2) is 10.7. The van der Waals surface area contributed by atoms with E-state index in [4.69, 9.17) is 16.9 Å². The molecule has 0 saturated carbocycles. The van der Waals surface area contributed by atoms with E-state index in [2.05, 4.69) is 23.4 Å². The van der Waals surface area contributed by atoms with E-state index in [0.29, 0.717) is 29.9 Å². The number of anilines is 1. The van der Waals surface area contributed by atoms with Crippen LogP contribution in [0.3, 0.4) is 0 Å². The topological polar surface area (TPSA) is 138 Å². The quantitative estimate of drug-likeness (QED) is 0.200. The van der Waals surface area contributed by atoms with Crippen molar-refractivity contribution in [2.45, 2.75) is 39.3 Å². The molecule has 2 unspecified atom stereocenters.